The van der Waals surface area contributed by atoms with Gasteiger partial charge in [0.15, 0.2) is 0 Å². The highest BCUT2D eigenvalue weighted by atomic mass is 32.1. The Labute approximate surface area is 164 Å². The van der Waals surface area contributed by atoms with Crippen molar-refractivity contribution in [3.8, 4) is 0 Å². The van der Waals surface area contributed by atoms with E-state index >= 15 is 0 Å². The van der Waals surface area contributed by atoms with Gasteiger partial charge in [0.05, 0.1) is 29.5 Å². The molecule has 6 nitrogen and oxygen atoms in total. The third-order valence-corrected chi connectivity index (χ3v) is 6.53. The van der Waals surface area contributed by atoms with Gasteiger partial charge in [-0.3, -0.25) is 4.90 Å². The maximum atomic E-state index is 12.8. The quantitative estimate of drug-likeness (QED) is 0.799. The maximum absolute atomic E-state index is 12.8. The molecule has 146 valence electrons. The molecule has 2 aliphatic heterocycles. The molecule has 0 saturated carbocycles. The Morgan fingerprint density at radius 3 is 2.93 bits per heavy atom. The van der Waals surface area contributed by atoms with Gasteiger partial charge >= 0.3 is 6.03 Å². The normalized spacial score (nSPS) is 21.5. The van der Waals surface area contributed by atoms with Crippen molar-refractivity contribution in [2.24, 2.45) is 0 Å². The van der Waals surface area contributed by atoms with Crippen LogP contribution >= 0.6 is 11.3 Å². The smallest absolute Gasteiger partial charge is 0.317 e. The van der Waals surface area contributed by atoms with Crippen molar-refractivity contribution in [2.75, 3.05) is 45.9 Å². The highest BCUT2D eigenvalue weighted by Crippen LogP contribution is 2.35. The number of nitrogens with one attached hydrogen (secondary N) is 1. The standard InChI is InChI=1S/C20H28N4O2S/c25-20(21-9-5-10-23-12-14-26-15-13-23)24-11-4-3-7-17(24)19-22-16-6-1-2-8-18(16)27-19/h1-2,6,8,17H,3-5,7,9-15H2,(H,21,25)/t17-/m0/s1. The molecule has 1 N–H and O–H groups in total. The Hall–Kier alpha value is -1.70. The number of carbonyl (C=O) groups is 1. The number of piperidine rings is 1. The molecule has 2 saturated heterocycles. The number of likely N-dealkylation sites (tertiary alicyclic amines) is 1. The molecule has 1 atom stereocenters. The van der Waals surface area contributed by atoms with E-state index in [9.17, 15) is 4.79 Å². The van der Waals surface area contributed by atoms with Crippen LogP contribution in [0.25, 0.3) is 10.2 Å². The summed E-state index contributed by atoms with van der Waals surface area (Å²) in [6.07, 6.45) is 4.20. The third kappa shape index (κ3) is 4.59. The first kappa shape index (κ1) is 18.7. The minimum Gasteiger partial charge on any atom is -0.379 e. The van der Waals surface area contributed by atoms with Crippen LogP contribution in [0.2, 0.25) is 0 Å². The number of aromatic nitrogens is 1. The Morgan fingerprint density at radius 1 is 1.22 bits per heavy atom. The molecule has 1 aromatic carbocycles. The molecule has 1 aromatic heterocycles. The Morgan fingerprint density at radius 2 is 2.07 bits per heavy atom. The van der Waals surface area contributed by atoms with Gasteiger partial charge in [0.25, 0.3) is 0 Å². The van der Waals surface area contributed by atoms with Gasteiger partial charge in [-0.05, 0) is 44.4 Å². The average molecular weight is 389 g/mol. The molecule has 27 heavy (non-hydrogen) atoms. The lowest BCUT2D eigenvalue weighted by molar-refractivity contribution is 0.0374. The van der Waals surface area contributed by atoms with Crippen molar-refractivity contribution in [3.63, 3.8) is 0 Å². The molecule has 0 bridgehead atoms. The summed E-state index contributed by atoms with van der Waals surface area (Å²) in [7, 11) is 0. The number of ether oxygens (including phenoxy) is 1. The number of rotatable bonds is 5. The van der Waals surface area contributed by atoms with Gasteiger partial charge in [-0.25, -0.2) is 9.78 Å². The number of thiazole rings is 1. The van der Waals surface area contributed by atoms with Crippen molar-refractivity contribution in [2.45, 2.75) is 31.7 Å². The second kappa shape index (κ2) is 8.99. The largest absolute Gasteiger partial charge is 0.379 e. The van der Waals surface area contributed by atoms with E-state index in [1.807, 2.05) is 23.1 Å². The fourth-order valence-electron chi connectivity index (χ4n) is 3.89. The second-order valence-corrected chi connectivity index (χ2v) is 8.33. The van der Waals surface area contributed by atoms with Gasteiger partial charge in [-0.2, -0.15) is 0 Å². The predicted octanol–water partition coefficient (Wildman–Crippen LogP) is 3.26. The van der Waals surface area contributed by atoms with Crippen molar-refractivity contribution in [1.82, 2.24) is 20.1 Å². The van der Waals surface area contributed by atoms with Crippen LogP contribution in [0.5, 0.6) is 0 Å². The highest BCUT2D eigenvalue weighted by molar-refractivity contribution is 7.18. The summed E-state index contributed by atoms with van der Waals surface area (Å²) in [6, 6.07) is 8.38. The molecule has 0 spiro atoms. The van der Waals surface area contributed by atoms with Crippen molar-refractivity contribution in [1.29, 1.82) is 0 Å². The molecule has 2 aliphatic rings. The number of urea groups is 1. The first-order chi connectivity index (χ1) is 13.3. The number of carbonyl (C=O) groups excluding carboxylic acids is 1. The Kier molecular flexibility index (Phi) is 6.21. The zero-order valence-corrected chi connectivity index (χ0v) is 16.5. The number of hydrogen-bond donors (Lipinski definition) is 1. The van der Waals surface area contributed by atoms with Gasteiger partial charge in [0, 0.05) is 26.2 Å². The van der Waals surface area contributed by atoms with Gasteiger partial charge in [-0.15, -0.1) is 11.3 Å². The first-order valence-electron chi connectivity index (χ1n) is 10.0. The molecule has 0 aliphatic carbocycles. The lowest BCUT2D eigenvalue weighted by atomic mass is 10.0. The minimum atomic E-state index is 0.0564. The predicted molar refractivity (Wildman–Crippen MR) is 108 cm³/mol. The maximum Gasteiger partial charge on any atom is 0.317 e. The van der Waals surface area contributed by atoms with Crippen molar-refractivity contribution < 1.29 is 9.53 Å². The molecule has 7 heteroatoms. The topological polar surface area (TPSA) is 57.7 Å². The van der Waals surface area contributed by atoms with Crippen LogP contribution < -0.4 is 5.32 Å². The number of nitrogens with zero attached hydrogens (tertiary/aromatic N) is 3. The molecule has 2 amide bonds. The summed E-state index contributed by atoms with van der Waals surface area (Å²) in [5.41, 5.74) is 1.04. The summed E-state index contributed by atoms with van der Waals surface area (Å²) in [6.45, 7) is 6.20. The first-order valence-corrected chi connectivity index (χ1v) is 10.8. The second-order valence-electron chi connectivity index (χ2n) is 7.26. The van der Waals surface area contributed by atoms with E-state index in [-0.39, 0.29) is 12.1 Å². The fraction of sp³-hybridized carbons (Fsp3) is 0.600. The zero-order chi connectivity index (χ0) is 18.5. The summed E-state index contributed by atoms with van der Waals surface area (Å²) >= 11 is 1.72. The third-order valence-electron chi connectivity index (χ3n) is 5.39. The van der Waals surface area contributed by atoms with Crippen LogP contribution in [0, 0.1) is 0 Å². The Bertz CT molecular complexity index is 726. The lowest BCUT2D eigenvalue weighted by Crippen LogP contribution is -2.45. The van der Waals surface area contributed by atoms with Gasteiger partial charge in [0.1, 0.15) is 5.01 Å². The minimum absolute atomic E-state index is 0.0564. The van der Waals surface area contributed by atoms with Crippen molar-refractivity contribution in [3.05, 3.63) is 29.3 Å². The van der Waals surface area contributed by atoms with E-state index in [2.05, 4.69) is 16.3 Å². The summed E-state index contributed by atoms with van der Waals surface area (Å²) in [5.74, 6) is 0. The molecule has 3 heterocycles. The molecular formula is C20H28N4O2S. The molecule has 2 fully saturated rings. The van der Waals surface area contributed by atoms with E-state index in [0.29, 0.717) is 0 Å². The monoisotopic (exact) mass is 388 g/mol. The highest BCUT2D eigenvalue weighted by Gasteiger charge is 2.30. The number of fused-ring (bicyclic) bond motifs is 1. The van der Waals surface area contributed by atoms with E-state index in [1.165, 1.54) is 4.70 Å². The molecule has 0 radical (unpaired) electrons. The lowest BCUT2D eigenvalue weighted by Gasteiger charge is -2.34. The fourth-order valence-corrected chi connectivity index (χ4v) is 5.00. The molecule has 2 aromatic rings. The van der Waals surface area contributed by atoms with Gasteiger partial charge < -0.3 is 15.0 Å². The van der Waals surface area contributed by atoms with Crippen LogP contribution in [-0.2, 0) is 4.74 Å². The van der Waals surface area contributed by atoms with Crippen molar-refractivity contribution >= 4 is 27.6 Å². The Balaban J connectivity index is 1.33. The SMILES string of the molecule is O=C(NCCCN1CCOCC1)N1CCCC[C@H]1c1nc2ccccc2s1. The molecule has 4 rings (SSSR count). The summed E-state index contributed by atoms with van der Waals surface area (Å²) < 4.78 is 6.57. The van der Waals surface area contributed by atoms with E-state index in [4.69, 9.17) is 9.72 Å². The number of morpholine rings is 1. The van der Waals surface area contributed by atoms with Crippen LogP contribution in [0.4, 0.5) is 4.79 Å². The van der Waals surface area contributed by atoms with E-state index in [1.54, 1.807) is 11.3 Å². The van der Waals surface area contributed by atoms with E-state index in [0.717, 1.165) is 82.1 Å². The number of benzene rings is 1. The van der Waals surface area contributed by atoms with Crippen LogP contribution in [0.1, 0.15) is 36.7 Å². The average Bonchev–Trinajstić information content (AvgIpc) is 3.16. The zero-order valence-electron chi connectivity index (χ0n) is 15.7. The van der Waals surface area contributed by atoms with Gasteiger partial charge in [0.2, 0.25) is 0 Å². The van der Waals surface area contributed by atoms with E-state index < -0.39 is 0 Å². The summed E-state index contributed by atoms with van der Waals surface area (Å²) in [5, 5.41) is 4.20. The number of hydrogen-bond acceptors (Lipinski definition) is 5. The van der Waals surface area contributed by atoms with Crippen LogP contribution in [-0.4, -0.2) is 66.8 Å². The van der Waals surface area contributed by atoms with Crippen LogP contribution in [0.3, 0.4) is 0 Å². The summed E-state index contributed by atoms with van der Waals surface area (Å²) in [4.78, 5) is 22.0. The number of para-hydroxylation sites is 1. The number of amides is 2. The van der Waals surface area contributed by atoms with Crippen LogP contribution in [0.15, 0.2) is 24.3 Å². The molecule has 0 unspecified atom stereocenters. The molecular weight excluding hydrogens is 360 g/mol. The van der Waals surface area contributed by atoms with Gasteiger partial charge in [-0.1, -0.05) is 12.1 Å².